The first-order valence-corrected chi connectivity index (χ1v) is 7.77. The molecular weight excluding hydrogens is 288 g/mol. The number of rotatable bonds is 8. The van der Waals surface area contributed by atoms with Crippen molar-refractivity contribution in [2.75, 3.05) is 13.2 Å². The predicted octanol–water partition coefficient (Wildman–Crippen LogP) is 3.39. The van der Waals surface area contributed by atoms with Gasteiger partial charge in [0, 0.05) is 30.7 Å². The van der Waals surface area contributed by atoms with E-state index in [1.54, 1.807) is 23.5 Å². The van der Waals surface area contributed by atoms with E-state index in [0.717, 1.165) is 18.5 Å². The molecular formula is C15H18N2O3S. The maximum absolute atomic E-state index is 10.9. The van der Waals surface area contributed by atoms with Crippen LogP contribution in [0.5, 0.6) is 5.75 Å². The number of thiophene rings is 1. The summed E-state index contributed by atoms with van der Waals surface area (Å²) in [5.74, 6) is 0.705. The molecule has 1 aromatic heterocycles. The highest BCUT2D eigenvalue weighted by atomic mass is 32.1. The summed E-state index contributed by atoms with van der Waals surface area (Å²) in [7, 11) is 0. The van der Waals surface area contributed by atoms with Gasteiger partial charge in [-0.3, -0.25) is 10.1 Å². The van der Waals surface area contributed by atoms with Crippen LogP contribution in [-0.2, 0) is 13.0 Å². The van der Waals surface area contributed by atoms with Crippen molar-refractivity contribution in [3.05, 3.63) is 56.3 Å². The van der Waals surface area contributed by atoms with Gasteiger partial charge in [0.1, 0.15) is 5.75 Å². The molecule has 0 spiro atoms. The van der Waals surface area contributed by atoms with E-state index in [1.165, 1.54) is 11.6 Å². The number of nitro groups is 1. The minimum atomic E-state index is -0.384. The predicted molar refractivity (Wildman–Crippen MR) is 84.0 cm³/mol. The third-order valence-corrected chi connectivity index (χ3v) is 3.78. The smallest absolute Gasteiger partial charge is 0.270 e. The lowest BCUT2D eigenvalue weighted by Crippen LogP contribution is -2.13. The molecule has 6 heteroatoms. The third-order valence-electron chi connectivity index (χ3n) is 3.05. The average molecular weight is 306 g/mol. The third kappa shape index (κ3) is 4.54. The summed E-state index contributed by atoms with van der Waals surface area (Å²) in [6, 6.07) is 6.81. The van der Waals surface area contributed by atoms with Gasteiger partial charge in [0.25, 0.3) is 5.69 Å². The van der Waals surface area contributed by atoms with E-state index >= 15 is 0 Å². The molecule has 1 aromatic carbocycles. The topological polar surface area (TPSA) is 64.4 Å². The van der Waals surface area contributed by atoms with Crippen LogP contribution in [0.25, 0.3) is 0 Å². The van der Waals surface area contributed by atoms with Crippen LogP contribution in [0.2, 0.25) is 0 Å². The maximum Gasteiger partial charge on any atom is 0.270 e. The average Bonchev–Trinajstić information content (AvgIpc) is 2.99. The number of nitrogens with one attached hydrogen (secondary N) is 1. The van der Waals surface area contributed by atoms with Gasteiger partial charge in [-0.15, -0.1) is 0 Å². The van der Waals surface area contributed by atoms with Crippen molar-refractivity contribution < 1.29 is 9.66 Å². The van der Waals surface area contributed by atoms with Crippen LogP contribution < -0.4 is 10.1 Å². The van der Waals surface area contributed by atoms with Gasteiger partial charge in [-0.1, -0.05) is 6.92 Å². The van der Waals surface area contributed by atoms with Crippen LogP contribution in [0.15, 0.2) is 35.0 Å². The Hall–Kier alpha value is -1.92. The first kappa shape index (κ1) is 15.5. The van der Waals surface area contributed by atoms with E-state index in [-0.39, 0.29) is 10.6 Å². The van der Waals surface area contributed by atoms with Gasteiger partial charge in [-0.25, -0.2) is 0 Å². The number of hydrogen-bond donors (Lipinski definition) is 1. The Kier molecular flexibility index (Phi) is 5.71. The Balaban J connectivity index is 2.03. The van der Waals surface area contributed by atoms with E-state index in [1.807, 2.05) is 12.3 Å². The summed E-state index contributed by atoms with van der Waals surface area (Å²) in [6.07, 6.45) is 0.834. The van der Waals surface area contributed by atoms with Gasteiger partial charge in [0.15, 0.2) is 0 Å². The van der Waals surface area contributed by atoms with Gasteiger partial charge in [0.2, 0.25) is 0 Å². The fourth-order valence-corrected chi connectivity index (χ4v) is 2.63. The summed E-state index contributed by atoms with van der Waals surface area (Å²) < 4.78 is 5.78. The Bertz CT molecular complexity index is 585. The first-order valence-electron chi connectivity index (χ1n) is 6.82. The molecule has 1 N–H and O–H groups in total. The molecule has 0 radical (unpaired) electrons. The van der Waals surface area contributed by atoms with Crippen LogP contribution in [-0.4, -0.2) is 18.1 Å². The minimum Gasteiger partial charge on any atom is -0.493 e. The Morgan fingerprint density at radius 3 is 2.90 bits per heavy atom. The van der Waals surface area contributed by atoms with E-state index in [9.17, 15) is 10.1 Å². The lowest BCUT2D eigenvalue weighted by Gasteiger charge is -2.11. The van der Waals surface area contributed by atoms with Crippen molar-refractivity contribution in [2.45, 2.75) is 19.9 Å². The molecule has 0 aliphatic carbocycles. The SMILES string of the molecule is CCNCc1cc([N+](=O)[O-])ccc1OCCc1ccsc1. The quantitative estimate of drug-likeness (QED) is 0.600. The highest BCUT2D eigenvalue weighted by Crippen LogP contribution is 2.24. The molecule has 0 aliphatic heterocycles. The van der Waals surface area contributed by atoms with Crippen molar-refractivity contribution in [3.63, 3.8) is 0 Å². The standard InChI is InChI=1S/C15H18N2O3S/c1-2-16-10-13-9-14(17(18)19)3-4-15(13)20-7-5-12-6-8-21-11-12/h3-4,6,8-9,11,16H,2,5,7,10H2,1H3. The first-order chi connectivity index (χ1) is 10.2. The highest BCUT2D eigenvalue weighted by molar-refractivity contribution is 7.07. The summed E-state index contributed by atoms with van der Waals surface area (Å²) in [6.45, 7) is 3.92. The zero-order valence-electron chi connectivity index (χ0n) is 11.9. The second kappa shape index (κ2) is 7.75. The number of nitrogens with zero attached hydrogens (tertiary/aromatic N) is 1. The number of ether oxygens (including phenoxy) is 1. The van der Waals surface area contributed by atoms with Crippen LogP contribution in [0.1, 0.15) is 18.1 Å². The van der Waals surface area contributed by atoms with Crippen molar-refractivity contribution in [2.24, 2.45) is 0 Å². The zero-order valence-corrected chi connectivity index (χ0v) is 12.7. The second-order valence-electron chi connectivity index (χ2n) is 4.56. The normalized spacial score (nSPS) is 10.5. The largest absolute Gasteiger partial charge is 0.493 e. The molecule has 112 valence electrons. The minimum absolute atomic E-state index is 0.0908. The lowest BCUT2D eigenvalue weighted by atomic mass is 10.1. The summed E-state index contributed by atoms with van der Waals surface area (Å²) in [5.41, 5.74) is 2.15. The summed E-state index contributed by atoms with van der Waals surface area (Å²) >= 11 is 1.66. The van der Waals surface area contributed by atoms with Gasteiger partial charge >= 0.3 is 0 Å². The molecule has 2 rings (SSSR count). The van der Waals surface area contributed by atoms with Crippen LogP contribution in [0.3, 0.4) is 0 Å². The Labute approximate surface area is 127 Å². The molecule has 0 bridgehead atoms. The highest BCUT2D eigenvalue weighted by Gasteiger charge is 2.11. The Morgan fingerprint density at radius 1 is 1.38 bits per heavy atom. The van der Waals surface area contributed by atoms with E-state index in [0.29, 0.717) is 18.9 Å². The van der Waals surface area contributed by atoms with E-state index in [4.69, 9.17) is 4.74 Å². The molecule has 21 heavy (non-hydrogen) atoms. The van der Waals surface area contributed by atoms with Crippen molar-refractivity contribution in [1.29, 1.82) is 0 Å². The number of non-ortho nitro benzene ring substituents is 1. The Morgan fingerprint density at radius 2 is 2.24 bits per heavy atom. The van der Waals surface area contributed by atoms with Crippen molar-refractivity contribution >= 4 is 17.0 Å². The molecule has 0 saturated carbocycles. The molecule has 0 unspecified atom stereocenters. The summed E-state index contributed by atoms with van der Waals surface area (Å²) in [4.78, 5) is 10.5. The molecule has 0 amide bonds. The molecule has 0 aliphatic rings. The number of nitro benzene ring substituents is 1. The van der Waals surface area contributed by atoms with Gasteiger partial charge in [-0.2, -0.15) is 11.3 Å². The van der Waals surface area contributed by atoms with Crippen LogP contribution >= 0.6 is 11.3 Å². The second-order valence-corrected chi connectivity index (χ2v) is 5.34. The molecule has 0 saturated heterocycles. The van der Waals surface area contributed by atoms with Gasteiger partial charge < -0.3 is 10.1 Å². The van der Waals surface area contributed by atoms with Crippen molar-refractivity contribution in [3.8, 4) is 5.75 Å². The molecule has 2 aromatic rings. The van der Waals surface area contributed by atoms with Crippen molar-refractivity contribution in [1.82, 2.24) is 5.32 Å². The molecule has 1 heterocycles. The van der Waals surface area contributed by atoms with E-state index in [2.05, 4.69) is 16.8 Å². The number of hydrogen-bond acceptors (Lipinski definition) is 5. The maximum atomic E-state index is 10.9. The van der Waals surface area contributed by atoms with E-state index < -0.39 is 0 Å². The van der Waals surface area contributed by atoms with Gasteiger partial charge in [-0.05, 0) is 35.0 Å². The molecule has 0 atom stereocenters. The van der Waals surface area contributed by atoms with Crippen LogP contribution in [0.4, 0.5) is 5.69 Å². The summed E-state index contributed by atoms with van der Waals surface area (Å²) in [5, 5.41) is 18.2. The lowest BCUT2D eigenvalue weighted by molar-refractivity contribution is -0.384. The molecule has 0 fully saturated rings. The molecule has 5 nitrogen and oxygen atoms in total. The van der Waals surface area contributed by atoms with Gasteiger partial charge in [0.05, 0.1) is 11.5 Å². The fourth-order valence-electron chi connectivity index (χ4n) is 1.93. The number of benzene rings is 1. The fraction of sp³-hybridized carbons (Fsp3) is 0.333. The zero-order chi connectivity index (χ0) is 15.1. The monoisotopic (exact) mass is 306 g/mol. The van der Waals surface area contributed by atoms with Crippen LogP contribution in [0, 0.1) is 10.1 Å².